The molecule has 4 aromatic rings. The van der Waals surface area contributed by atoms with Gasteiger partial charge in [0.25, 0.3) is 12.3 Å². The Morgan fingerprint density at radius 2 is 2.06 bits per heavy atom. The number of alkyl halides is 2. The quantitative estimate of drug-likeness (QED) is 0.400. The summed E-state index contributed by atoms with van der Waals surface area (Å²) in [6, 6.07) is 12.0. The van der Waals surface area contributed by atoms with Crippen molar-refractivity contribution in [2.75, 3.05) is 6.54 Å². The second kappa shape index (κ2) is 8.73. The summed E-state index contributed by atoms with van der Waals surface area (Å²) in [5.74, 6) is 0.490. The van der Waals surface area contributed by atoms with E-state index in [0.717, 1.165) is 36.0 Å². The Labute approximate surface area is 189 Å². The molecule has 0 spiro atoms. The number of hydrogen-bond acceptors (Lipinski definition) is 5. The van der Waals surface area contributed by atoms with E-state index in [1.807, 2.05) is 24.3 Å². The van der Waals surface area contributed by atoms with Crippen LogP contribution in [0.25, 0.3) is 16.9 Å². The number of hydrogen-bond donors (Lipinski definition) is 0. The number of nitrogens with zero attached hydrogens (tertiary/aromatic N) is 5. The average molecular weight is 451 g/mol. The summed E-state index contributed by atoms with van der Waals surface area (Å²) in [6.07, 6.45) is 1.85. The molecule has 3 aromatic heterocycles. The van der Waals surface area contributed by atoms with E-state index in [4.69, 9.17) is 4.52 Å². The molecule has 0 radical (unpaired) electrons. The first-order chi connectivity index (χ1) is 16.1. The monoisotopic (exact) mass is 451 g/mol. The van der Waals surface area contributed by atoms with Crippen LogP contribution in [0.1, 0.15) is 66.2 Å². The molecule has 4 heterocycles. The zero-order chi connectivity index (χ0) is 22.9. The summed E-state index contributed by atoms with van der Waals surface area (Å²) in [7, 11) is 0. The van der Waals surface area contributed by atoms with E-state index in [9.17, 15) is 13.6 Å². The van der Waals surface area contributed by atoms with Gasteiger partial charge in [0.2, 0.25) is 0 Å². The van der Waals surface area contributed by atoms with Gasteiger partial charge in [0.05, 0.1) is 17.9 Å². The number of halogens is 2. The van der Waals surface area contributed by atoms with Crippen LogP contribution in [-0.4, -0.2) is 37.1 Å². The lowest BCUT2D eigenvalue weighted by Gasteiger charge is -2.22. The van der Waals surface area contributed by atoms with E-state index in [0.29, 0.717) is 23.5 Å². The molecule has 1 aliphatic heterocycles. The molecule has 1 saturated heterocycles. The highest BCUT2D eigenvalue weighted by Gasteiger charge is 2.34. The van der Waals surface area contributed by atoms with Crippen LogP contribution in [0.3, 0.4) is 0 Å². The average Bonchev–Trinajstić information content (AvgIpc) is 3.58. The summed E-state index contributed by atoms with van der Waals surface area (Å²) >= 11 is 0. The van der Waals surface area contributed by atoms with E-state index >= 15 is 0 Å². The number of fused-ring (bicyclic) bond motifs is 1. The van der Waals surface area contributed by atoms with Crippen molar-refractivity contribution in [3.05, 3.63) is 71.4 Å². The maximum absolute atomic E-state index is 13.8. The van der Waals surface area contributed by atoms with E-state index in [-0.39, 0.29) is 28.9 Å². The van der Waals surface area contributed by atoms with E-state index in [1.54, 1.807) is 17.0 Å². The molecule has 0 saturated carbocycles. The number of aromatic nitrogens is 4. The van der Waals surface area contributed by atoms with Crippen LogP contribution < -0.4 is 0 Å². The van der Waals surface area contributed by atoms with E-state index in [1.165, 1.54) is 12.3 Å². The highest BCUT2D eigenvalue weighted by atomic mass is 19.3. The van der Waals surface area contributed by atoms with Gasteiger partial charge in [-0.3, -0.25) is 4.79 Å². The molecule has 1 amide bonds. The van der Waals surface area contributed by atoms with Gasteiger partial charge in [0, 0.05) is 24.6 Å². The first kappa shape index (κ1) is 21.2. The number of likely N-dealkylation sites (tertiary alicyclic amines) is 1. The molecule has 1 atom stereocenters. The van der Waals surface area contributed by atoms with Crippen LogP contribution in [-0.2, 0) is 6.42 Å². The fourth-order valence-corrected chi connectivity index (χ4v) is 4.37. The van der Waals surface area contributed by atoms with Gasteiger partial charge in [-0.15, -0.1) is 0 Å². The number of carbonyl (C=O) groups excluding carboxylic acids is 1. The molecule has 0 N–H and O–H groups in total. The van der Waals surface area contributed by atoms with Gasteiger partial charge in [-0.2, -0.15) is 5.10 Å². The molecule has 5 rings (SSSR count). The predicted molar refractivity (Wildman–Crippen MR) is 117 cm³/mol. The molecule has 7 nitrogen and oxygen atoms in total. The zero-order valence-corrected chi connectivity index (χ0v) is 18.1. The molecule has 170 valence electrons. The van der Waals surface area contributed by atoms with Crippen LogP contribution in [0, 0.1) is 0 Å². The minimum atomic E-state index is -2.77. The number of amides is 1. The maximum Gasteiger partial charge on any atom is 0.280 e. The van der Waals surface area contributed by atoms with Gasteiger partial charge in [-0.05, 0) is 25.3 Å². The third kappa shape index (κ3) is 3.88. The van der Waals surface area contributed by atoms with E-state index in [2.05, 4.69) is 22.2 Å². The van der Waals surface area contributed by atoms with Crippen LogP contribution in [0.5, 0.6) is 0 Å². The van der Waals surface area contributed by atoms with Crippen molar-refractivity contribution >= 4 is 11.6 Å². The van der Waals surface area contributed by atoms with Crippen molar-refractivity contribution in [2.24, 2.45) is 0 Å². The molecule has 33 heavy (non-hydrogen) atoms. The SMILES string of the molecule is CCCc1cc([C@H]2CCCN2C(=O)c2cnn3c(C(F)F)cc(-c4ccccc4)nc23)no1. The summed E-state index contributed by atoms with van der Waals surface area (Å²) in [4.78, 5) is 19.8. The van der Waals surface area contributed by atoms with Gasteiger partial charge in [0.15, 0.2) is 5.65 Å². The fourth-order valence-electron chi connectivity index (χ4n) is 4.37. The molecule has 9 heteroatoms. The Morgan fingerprint density at radius 1 is 1.24 bits per heavy atom. The highest BCUT2D eigenvalue weighted by molar-refractivity contribution is 6.00. The Balaban J connectivity index is 1.55. The molecule has 1 aromatic carbocycles. The fraction of sp³-hybridized carbons (Fsp3) is 0.333. The van der Waals surface area contributed by atoms with Crippen LogP contribution >= 0.6 is 0 Å². The van der Waals surface area contributed by atoms with E-state index < -0.39 is 6.43 Å². The summed E-state index contributed by atoms with van der Waals surface area (Å²) in [6.45, 7) is 2.60. The topological polar surface area (TPSA) is 76.5 Å². The van der Waals surface area contributed by atoms with Gasteiger partial charge in [-0.1, -0.05) is 42.4 Å². The summed E-state index contributed by atoms with van der Waals surface area (Å²) in [5.41, 5.74) is 1.77. The van der Waals surface area contributed by atoms with Crippen LogP contribution in [0.2, 0.25) is 0 Å². The molecule has 1 aliphatic rings. The molecule has 0 bridgehead atoms. The van der Waals surface area contributed by atoms with Gasteiger partial charge in [0.1, 0.15) is 22.7 Å². The Morgan fingerprint density at radius 3 is 2.82 bits per heavy atom. The van der Waals surface area contributed by atoms with Gasteiger partial charge >= 0.3 is 0 Å². The number of benzene rings is 1. The van der Waals surface area contributed by atoms with Crippen LogP contribution in [0.4, 0.5) is 8.78 Å². The molecule has 0 unspecified atom stereocenters. The highest BCUT2D eigenvalue weighted by Crippen LogP contribution is 2.34. The van der Waals surface area contributed by atoms with Crippen molar-refractivity contribution in [1.82, 2.24) is 24.7 Å². The second-order valence-corrected chi connectivity index (χ2v) is 8.15. The van der Waals surface area contributed by atoms with Crippen molar-refractivity contribution in [3.63, 3.8) is 0 Å². The van der Waals surface area contributed by atoms with Crippen molar-refractivity contribution < 1.29 is 18.1 Å². The second-order valence-electron chi connectivity index (χ2n) is 8.15. The molecule has 1 fully saturated rings. The number of rotatable bonds is 6. The largest absolute Gasteiger partial charge is 0.361 e. The standard InChI is InChI=1S/C24H23F2N5O2/c1-2-7-16-12-19(29-33-16)20-10-6-11-30(20)24(32)17-14-27-31-21(22(25)26)13-18(28-23(17)31)15-8-4-3-5-9-15/h3-5,8-9,12-14,20,22H,2,6-7,10-11H2,1H3/t20-/m1/s1. The van der Waals surface area contributed by atoms with Crippen molar-refractivity contribution in [1.29, 1.82) is 0 Å². The number of aryl methyl sites for hydroxylation is 1. The van der Waals surface area contributed by atoms with Crippen molar-refractivity contribution in [2.45, 2.75) is 45.1 Å². The lowest BCUT2D eigenvalue weighted by atomic mass is 10.1. The third-order valence-electron chi connectivity index (χ3n) is 5.95. The first-order valence-corrected chi connectivity index (χ1v) is 11.1. The minimum Gasteiger partial charge on any atom is -0.361 e. The molecular formula is C24H23F2N5O2. The molecular weight excluding hydrogens is 428 g/mol. The van der Waals surface area contributed by atoms with Crippen LogP contribution in [0.15, 0.2) is 53.2 Å². The maximum atomic E-state index is 13.8. The lowest BCUT2D eigenvalue weighted by Crippen LogP contribution is -2.30. The summed E-state index contributed by atoms with van der Waals surface area (Å²) < 4.78 is 34.2. The Kier molecular flexibility index (Phi) is 5.62. The minimum absolute atomic E-state index is 0.120. The number of carbonyl (C=O) groups is 1. The normalized spacial score (nSPS) is 16.2. The zero-order valence-electron chi connectivity index (χ0n) is 18.1. The predicted octanol–water partition coefficient (Wildman–Crippen LogP) is 5.25. The van der Waals surface area contributed by atoms with Gasteiger partial charge < -0.3 is 9.42 Å². The third-order valence-corrected chi connectivity index (χ3v) is 5.95. The van der Waals surface area contributed by atoms with Gasteiger partial charge in [-0.25, -0.2) is 18.3 Å². The molecule has 0 aliphatic carbocycles. The summed E-state index contributed by atoms with van der Waals surface area (Å²) in [5, 5.41) is 8.27. The Hall–Kier alpha value is -3.62. The Bertz CT molecular complexity index is 1280. The first-order valence-electron chi connectivity index (χ1n) is 11.1. The lowest BCUT2D eigenvalue weighted by molar-refractivity contribution is 0.0732. The smallest absolute Gasteiger partial charge is 0.280 e. The van der Waals surface area contributed by atoms with Crippen molar-refractivity contribution in [3.8, 4) is 11.3 Å².